The maximum Gasteiger partial charge on any atom is 0.253 e. The molecule has 1 aliphatic heterocycles. The van der Waals surface area contributed by atoms with E-state index in [1.165, 1.54) is 0 Å². The van der Waals surface area contributed by atoms with Gasteiger partial charge in [-0.3, -0.25) is 14.6 Å². The van der Waals surface area contributed by atoms with Crippen LogP contribution in [-0.4, -0.2) is 53.1 Å². The molecule has 1 fully saturated rings. The van der Waals surface area contributed by atoms with Crippen LogP contribution >= 0.6 is 0 Å². The monoisotopic (exact) mass is 531 g/mol. The number of aromatic nitrogens is 1. The van der Waals surface area contributed by atoms with Crippen LogP contribution in [0.25, 0.3) is 0 Å². The van der Waals surface area contributed by atoms with Gasteiger partial charge in [0.1, 0.15) is 5.75 Å². The summed E-state index contributed by atoms with van der Waals surface area (Å²) >= 11 is 0. The third kappa shape index (κ3) is 7.07. The lowest BCUT2D eigenvalue weighted by molar-refractivity contribution is -0.131. The van der Waals surface area contributed by atoms with Crippen LogP contribution in [-0.2, 0) is 17.8 Å². The van der Waals surface area contributed by atoms with E-state index in [2.05, 4.69) is 5.32 Å². The summed E-state index contributed by atoms with van der Waals surface area (Å²) < 4.78 is 11.1. The molecule has 2 amide bonds. The van der Waals surface area contributed by atoms with Gasteiger partial charge in [-0.1, -0.05) is 24.3 Å². The number of piperidine rings is 1. The Bertz CT molecular complexity index is 1300. The summed E-state index contributed by atoms with van der Waals surface area (Å²) in [5.74, 6) is 1.17. The maximum atomic E-state index is 13.3. The lowest BCUT2D eigenvalue weighted by Gasteiger charge is -2.32. The zero-order chi connectivity index (χ0) is 27.8. The minimum atomic E-state index is -0.167. The van der Waals surface area contributed by atoms with Crippen LogP contribution in [0.4, 0.5) is 0 Å². The van der Waals surface area contributed by atoms with Crippen LogP contribution in [0.15, 0.2) is 54.6 Å². The molecule has 2 N–H and O–H groups in total. The summed E-state index contributed by atoms with van der Waals surface area (Å²) in [5.41, 5.74) is 3.94. The number of carbonyl (C=O) groups is 2. The number of benzene rings is 2. The molecule has 0 bridgehead atoms. The molecule has 0 spiro atoms. The van der Waals surface area contributed by atoms with Crippen LogP contribution in [0.2, 0.25) is 0 Å². The average Bonchev–Trinajstić information content (AvgIpc) is 2.94. The number of ether oxygens (including phenoxy) is 2. The summed E-state index contributed by atoms with van der Waals surface area (Å²) in [7, 11) is 0. The molecule has 1 aromatic heterocycles. The van der Waals surface area contributed by atoms with Crippen LogP contribution in [0, 0.1) is 6.92 Å². The number of nitrogens with one attached hydrogen (secondary N) is 1. The Labute approximate surface area is 230 Å². The van der Waals surface area contributed by atoms with E-state index in [4.69, 9.17) is 14.5 Å². The smallest absolute Gasteiger partial charge is 0.253 e. The molecular weight excluding hydrogens is 494 g/mol. The summed E-state index contributed by atoms with van der Waals surface area (Å²) in [5, 5.41) is 13.0. The highest BCUT2D eigenvalue weighted by Gasteiger charge is 2.28. The van der Waals surface area contributed by atoms with E-state index in [1.54, 1.807) is 18.2 Å². The predicted molar refractivity (Wildman–Crippen MR) is 149 cm³/mol. The molecule has 3 aromatic rings. The Balaban J connectivity index is 1.39. The fourth-order valence-electron chi connectivity index (χ4n) is 4.93. The van der Waals surface area contributed by atoms with Gasteiger partial charge >= 0.3 is 0 Å². The Morgan fingerprint density at radius 3 is 2.46 bits per heavy atom. The first-order chi connectivity index (χ1) is 18.9. The fraction of sp³-hybridized carbons (Fsp3) is 0.387. The molecule has 0 saturated carbocycles. The maximum absolute atomic E-state index is 13.3. The summed E-state index contributed by atoms with van der Waals surface area (Å²) in [6.07, 6.45) is 1.70. The molecule has 8 nitrogen and oxygen atoms in total. The quantitative estimate of drug-likeness (QED) is 0.391. The highest BCUT2D eigenvalue weighted by molar-refractivity contribution is 5.95. The minimum absolute atomic E-state index is 0.0321. The predicted octanol–water partition coefficient (Wildman–Crippen LogP) is 4.77. The number of para-hydroxylation sites is 1. The van der Waals surface area contributed by atoms with Gasteiger partial charge in [0.25, 0.3) is 5.91 Å². The van der Waals surface area contributed by atoms with Gasteiger partial charge in [-0.25, -0.2) is 0 Å². The van der Waals surface area contributed by atoms with Gasteiger partial charge in [0.2, 0.25) is 5.91 Å². The number of amides is 2. The van der Waals surface area contributed by atoms with Gasteiger partial charge in [0.15, 0.2) is 11.5 Å². The van der Waals surface area contributed by atoms with Crippen molar-refractivity contribution in [2.24, 2.45) is 0 Å². The Kier molecular flexibility index (Phi) is 9.41. The van der Waals surface area contributed by atoms with Gasteiger partial charge in [-0.15, -0.1) is 0 Å². The molecule has 0 aliphatic carbocycles. The van der Waals surface area contributed by atoms with Gasteiger partial charge < -0.3 is 24.8 Å². The van der Waals surface area contributed by atoms with Crippen molar-refractivity contribution in [3.05, 3.63) is 82.7 Å². The van der Waals surface area contributed by atoms with Crippen molar-refractivity contribution in [3.63, 3.8) is 0 Å². The first kappa shape index (κ1) is 28.0. The molecule has 8 heteroatoms. The van der Waals surface area contributed by atoms with Gasteiger partial charge in [-0.05, 0) is 69.5 Å². The SMILES string of the molecule is CCOc1cc(CC(=O)N2CCC(c3nc(C)ccc3C(=O)NCc3ccccc3OCC)CC2)ccc1O. The van der Waals surface area contributed by atoms with Crippen LogP contribution in [0.1, 0.15) is 65.5 Å². The Hall–Kier alpha value is -4.07. The molecule has 4 rings (SSSR count). The van der Waals surface area contributed by atoms with E-state index >= 15 is 0 Å². The van der Waals surface area contributed by atoms with Crippen LogP contribution < -0.4 is 14.8 Å². The number of phenolic OH excluding ortho intramolecular Hbond substituents is 1. The van der Waals surface area contributed by atoms with Crippen molar-refractivity contribution < 1.29 is 24.2 Å². The molecule has 206 valence electrons. The van der Waals surface area contributed by atoms with Crippen molar-refractivity contribution in [2.75, 3.05) is 26.3 Å². The van der Waals surface area contributed by atoms with E-state index in [9.17, 15) is 14.7 Å². The molecule has 39 heavy (non-hydrogen) atoms. The number of rotatable bonds is 10. The largest absolute Gasteiger partial charge is 0.504 e. The van der Waals surface area contributed by atoms with E-state index in [0.29, 0.717) is 44.2 Å². The average molecular weight is 532 g/mol. The molecule has 0 radical (unpaired) electrons. The Morgan fingerprint density at radius 2 is 1.72 bits per heavy atom. The van der Waals surface area contributed by atoms with Gasteiger partial charge in [0.05, 0.1) is 30.9 Å². The van der Waals surface area contributed by atoms with E-state index in [1.807, 2.05) is 62.1 Å². The number of pyridine rings is 1. The molecule has 1 aliphatic rings. The molecular formula is C31H37N3O5. The van der Waals surface area contributed by atoms with Crippen molar-refractivity contribution in [1.29, 1.82) is 0 Å². The van der Waals surface area contributed by atoms with E-state index in [-0.39, 0.29) is 29.9 Å². The first-order valence-corrected chi connectivity index (χ1v) is 13.6. The van der Waals surface area contributed by atoms with Crippen molar-refractivity contribution >= 4 is 11.8 Å². The van der Waals surface area contributed by atoms with Crippen LogP contribution in [0.5, 0.6) is 17.2 Å². The number of aromatic hydroxyl groups is 1. The fourth-order valence-corrected chi connectivity index (χ4v) is 4.93. The number of likely N-dealkylation sites (tertiary alicyclic amines) is 1. The highest BCUT2D eigenvalue weighted by Crippen LogP contribution is 2.31. The zero-order valence-corrected chi connectivity index (χ0v) is 22.9. The first-order valence-electron chi connectivity index (χ1n) is 13.6. The topological polar surface area (TPSA) is 101 Å². The van der Waals surface area contributed by atoms with Crippen molar-refractivity contribution in [3.8, 4) is 17.2 Å². The lowest BCUT2D eigenvalue weighted by atomic mass is 9.89. The van der Waals surface area contributed by atoms with Gasteiger partial charge in [-0.2, -0.15) is 0 Å². The molecule has 2 aromatic carbocycles. The van der Waals surface area contributed by atoms with Crippen molar-refractivity contribution in [1.82, 2.24) is 15.2 Å². The number of nitrogens with zero attached hydrogens (tertiary/aromatic N) is 2. The van der Waals surface area contributed by atoms with Gasteiger partial charge in [0, 0.05) is 36.8 Å². The Morgan fingerprint density at radius 1 is 1.00 bits per heavy atom. The van der Waals surface area contributed by atoms with Crippen molar-refractivity contribution in [2.45, 2.75) is 52.5 Å². The second-order valence-corrected chi connectivity index (χ2v) is 9.68. The number of aryl methyl sites for hydroxylation is 1. The summed E-state index contributed by atoms with van der Waals surface area (Å²) in [6, 6.07) is 16.4. The second kappa shape index (κ2) is 13.1. The van der Waals surface area contributed by atoms with E-state index < -0.39 is 0 Å². The lowest BCUT2D eigenvalue weighted by Crippen LogP contribution is -2.39. The standard InChI is InChI=1S/C31H37N3O5/c1-4-38-27-9-7-6-8-24(27)20-32-31(37)25-12-10-21(3)33-30(25)23-14-16-34(17-15-23)29(36)19-22-11-13-26(35)28(18-22)39-5-2/h6-13,18,23,35H,4-5,14-17,19-20H2,1-3H3,(H,32,37). The number of carbonyl (C=O) groups excluding carboxylic acids is 2. The summed E-state index contributed by atoms with van der Waals surface area (Å²) in [4.78, 5) is 32.9. The number of hydrogen-bond donors (Lipinski definition) is 2. The molecule has 0 unspecified atom stereocenters. The normalized spacial score (nSPS) is 13.7. The number of phenols is 1. The molecule has 0 atom stereocenters. The third-order valence-electron chi connectivity index (χ3n) is 6.93. The minimum Gasteiger partial charge on any atom is -0.504 e. The highest BCUT2D eigenvalue weighted by atomic mass is 16.5. The van der Waals surface area contributed by atoms with Crippen LogP contribution in [0.3, 0.4) is 0 Å². The second-order valence-electron chi connectivity index (χ2n) is 9.68. The number of hydrogen-bond acceptors (Lipinski definition) is 6. The zero-order valence-electron chi connectivity index (χ0n) is 22.9. The molecule has 2 heterocycles. The summed E-state index contributed by atoms with van der Waals surface area (Å²) in [6.45, 7) is 8.25. The third-order valence-corrected chi connectivity index (χ3v) is 6.93. The van der Waals surface area contributed by atoms with E-state index in [0.717, 1.165) is 41.1 Å². The molecule has 1 saturated heterocycles.